The normalized spacial score (nSPS) is 12.7. The number of hydrogen-bond donors (Lipinski definition) is 1. The fraction of sp³-hybridized carbons (Fsp3) is 0.316. The molecule has 0 heterocycles. The van der Waals surface area contributed by atoms with Crippen LogP contribution in [0.2, 0.25) is 0 Å². The van der Waals surface area contributed by atoms with Crippen molar-refractivity contribution in [3.63, 3.8) is 0 Å². The number of carbonyl (C=O) groups is 1. The van der Waals surface area contributed by atoms with Crippen LogP contribution in [-0.2, 0) is 5.41 Å². The number of benzene rings is 2. The third kappa shape index (κ3) is 3.67. The minimum Gasteiger partial charge on any atom is -0.480 e. The minimum atomic E-state index is -0.579. The van der Waals surface area contributed by atoms with E-state index in [1.165, 1.54) is 5.56 Å². The van der Waals surface area contributed by atoms with Gasteiger partial charge in [0.25, 0.3) is 0 Å². The predicted molar refractivity (Wildman–Crippen MR) is 90.4 cm³/mol. The Morgan fingerprint density at radius 1 is 1.05 bits per heavy atom. The number of nitrogens with two attached hydrogens (primary N) is 1. The largest absolute Gasteiger partial charge is 0.480 e. The van der Waals surface area contributed by atoms with Crippen LogP contribution in [0, 0.1) is 0 Å². The lowest BCUT2D eigenvalue weighted by Crippen LogP contribution is -2.24. The van der Waals surface area contributed by atoms with Crippen molar-refractivity contribution in [1.29, 1.82) is 0 Å². The van der Waals surface area contributed by atoms with Crippen molar-refractivity contribution < 1.29 is 9.53 Å². The molecule has 0 fully saturated rings. The van der Waals surface area contributed by atoms with Crippen molar-refractivity contribution in [1.82, 2.24) is 0 Å². The van der Waals surface area contributed by atoms with E-state index in [-0.39, 0.29) is 11.2 Å². The first-order valence-electron chi connectivity index (χ1n) is 7.45. The van der Waals surface area contributed by atoms with Gasteiger partial charge in [0, 0.05) is 5.56 Å². The molecular formula is C19H23NO2. The average molecular weight is 297 g/mol. The molecule has 22 heavy (non-hydrogen) atoms. The van der Waals surface area contributed by atoms with Crippen molar-refractivity contribution >= 4 is 11.5 Å². The molecule has 0 saturated heterocycles. The van der Waals surface area contributed by atoms with Crippen molar-refractivity contribution in [2.75, 3.05) is 5.73 Å². The Hall–Kier alpha value is -2.29. The highest BCUT2D eigenvalue weighted by Gasteiger charge is 2.19. The lowest BCUT2D eigenvalue weighted by atomic mass is 9.86. The van der Waals surface area contributed by atoms with E-state index >= 15 is 0 Å². The Balaban J connectivity index is 2.12. The van der Waals surface area contributed by atoms with Gasteiger partial charge in [-0.1, -0.05) is 57.2 Å². The van der Waals surface area contributed by atoms with E-state index in [1.807, 2.05) is 36.4 Å². The van der Waals surface area contributed by atoms with Crippen molar-refractivity contribution in [3.8, 4) is 5.75 Å². The SMILES string of the molecule is CC(Oc1ccccc1N)C(=O)c1ccc(C(C)(C)C)cc1. The standard InChI is InChI=1S/C19H23NO2/c1-13(22-17-8-6-5-7-16(17)20)18(21)14-9-11-15(12-10-14)19(2,3)4/h5-13H,20H2,1-4H3. The first kappa shape index (κ1) is 16.1. The summed E-state index contributed by atoms with van der Waals surface area (Å²) in [5.74, 6) is 0.485. The summed E-state index contributed by atoms with van der Waals surface area (Å²) in [4.78, 5) is 12.5. The van der Waals surface area contributed by atoms with Gasteiger partial charge >= 0.3 is 0 Å². The lowest BCUT2D eigenvalue weighted by molar-refractivity contribution is 0.0819. The first-order chi connectivity index (χ1) is 10.3. The summed E-state index contributed by atoms with van der Waals surface area (Å²) in [5.41, 5.74) is 8.29. The molecule has 1 unspecified atom stereocenters. The number of anilines is 1. The van der Waals surface area contributed by atoms with Gasteiger partial charge in [-0.25, -0.2) is 0 Å². The molecule has 2 N–H and O–H groups in total. The average Bonchev–Trinajstić information content (AvgIpc) is 2.48. The maximum absolute atomic E-state index is 12.5. The van der Waals surface area contributed by atoms with Gasteiger partial charge in [-0.15, -0.1) is 0 Å². The van der Waals surface area contributed by atoms with Crippen molar-refractivity contribution in [2.45, 2.75) is 39.2 Å². The van der Waals surface area contributed by atoms with Gasteiger partial charge in [-0.2, -0.15) is 0 Å². The number of carbonyl (C=O) groups excluding carboxylic acids is 1. The Morgan fingerprint density at radius 3 is 2.18 bits per heavy atom. The molecule has 0 aliphatic heterocycles. The molecule has 3 heteroatoms. The summed E-state index contributed by atoms with van der Waals surface area (Å²) in [7, 11) is 0. The Bertz CT molecular complexity index is 654. The fourth-order valence-electron chi connectivity index (χ4n) is 2.20. The van der Waals surface area contributed by atoms with Crippen LogP contribution in [0.3, 0.4) is 0 Å². The molecule has 0 saturated carbocycles. The molecule has 0 aromatic heterocycles. The summed E-state index contributed by atoms with van der Waals surface area (Å²) >= 11 is 0. The van der Waals surface area contributed by atoms with Crippen LogP contribution in [0.15, 0.2) is 48.5 Å². The Morgan fingerprint density at radius 2 is 1.64 bits per heavy atom. The second-order valence-corrected chi connectivity index (χ2v) is 6.49. The van der Waals surface area contributed by atoms with Gasteiger partial charge in [0.15, 0.2) is 6.10 Å². The zero-order chi connectivity index (χ0) is 16.3. The van der Waals surface area contributed by atoms with Gasteiger partial charge in [0.2, 0.25) is 5.78 Å². The van der Waals surface area contributed by atoms with Crippen LogP contribution in [0.4, 0.5) is 5.69 Å². The summed E-state index contributed by atoms with van der Waals surface area (Å²) in [6.07, 6.45) is -0.579. The van der Waals surface area contributed by atoms with Gasteiger partial charge < -0.3 is 10.5 Å². The summed E-state index contributed by atoms with van der Waals surface area (Å²) in [6, 6.07) is 14.9. The van der Waals surface area contributed by atoms with E-state index in [4.69, 9.17) is 10.5 Å². The molecular weight excluding hydrogens is 274 g/mol. The van der Waals surface area contributed by atoms with E-state index in [1.54, 1.807) is 19.1 Å². The Kier molecular flexibility index (Phi) is 4.55. The van der Waals surface area contributed by atoms with Gasteiger partial charge in [0.1, 0.15) is 5.75 Å². The third-order valence-corrected chi connectivity index (χ3v) is 3.63. The van der Waals surface area contributed by atoms with Crippen LogP contribution in [-0.4, -0.2) is 11.9 Å². The molecule has 3 nitrogen and oxygen atoms in total. The molecule has 0 radical (unpaired) electrons. The Labute approximate surface area is 132 Å². The minimum absolute atomic E-state index is 0.0521. The molecule has 0 aliphatic carbocycles. The number of rotatable bonds is 4. The number of hydrogen-bond acceptors (Lipinski definition) is 3. The van der Waals surface area contributed by atoms with Crippen LogP contribution >= 0.6 is 0 Å². The second kappa shape index (κ2) is 6.22. The van der Waals surface area contributed by atoms with E-state index in [2.05, 4.69) is 20.8 Å². The quantitative estimate of drug-likeness (QED) is 0.679. The maximum Gasteiger partial charge on any atom is 0.202 e. The number of nitrogen functional groups attached to an aromatic ring is 1. The highest BCUT2D eigenvalue weighted by molar-refractivity contribution is 5.99. The molecule has 0 bridgehead atoms. The monoisotopic (exact) mass is 297 g/mol. The van der Waals surface area contributed by atoms with E-state index < -0.39 is 6.10 Å². The van der Waals surface area contributed by atoms with Crippen LogP contribution in [0.1, 0.15) is 43.6 Å². The molecule has 1 atom stereocenters. The molecule has 0 amide bonds. The summed E-state index contributed by atoms with van der Waals surface area (Å²) in [6.45, 7) is 8.18. The smallest absolute Gasteiger partial charge is 0.202 e. The number of Topliss-reactive ketones (excluding diaryl/α,β-unsaturated/α-hetero) is 1. The highest BCUT2D eigenvalue weighted by Crippen LogP contribution is 2.24. The van der Waals surface area contributed by atoms with Gasteiger partial charge in [-0.05, 0) is 30.0 Å². The molecule has 2 rings (SSSR count). The van der Waals surface area contributed by atoms with E-state index in [0.29, 0.717) is 17.0 Å². The van der Waals surface area contributed by atoms with Crippen LogP contribution in [0.5, 0.6) is 5.75 Å². The van der Waals surface area contributed by atoms with Crippen molar-refractivity contribution in [2.24, 2.45) is 0 Å². The first-order valence-corrected chi connectivity index (χ1v) is 7.45. The van der Waals surface area contributed by atoms with Crippen LogP contribution < -0.4 is 10.5 Å². The van der Waals surface area contributed by atoms with Gasteiger partial charge in [-0.3, -0.25) is 4.79 Å². The molecule has 0 spiro atoms. The highest BCUT2D eigenvalue weighted by atomic mass is 16.5. The van der Waals surface area contributed by atoms with Crippen LogP contribution in [0.25, 0.3) is 0 Å². The fourth-order valence-corrected chi connectivity index (χ4v) is 2.20. The second-order valence-electron chi connectivity index (χ2n) is 6.49. The summed E-state index contributed by atoms with van der Waals surface area (Å²) in [5, 5.41) is 0. The zero-order valence-electron chi connectivity index (χ0n) is 13.6. The summed E-state index contributed by atoms with van der Waals surface area (Å²) < 4.78 is 5.68. The maximum atomic E-state index is 12.5. The molecule has 0 aliphatic rings. The number of ether oxygens (including phenoxy) is 1. The molecule has 116 valence electrons. The predicted octanol–water partition coefficient (Wildman–Crippen LogP) is 4.22. The lowest BCUT2D eigenvalue weighted by Gasteiger charge is -2.19. The molecule has 2 aromatic carbocycles. The van der Waals surface area contributed by atoms with E-state index in [0.717, 1.165) is 0 Å². The number of para-hydroxylation sites is 2. The van der Waals surface area contributed by atoms with Gasteiger partial charge in [0.05, 0.1) is 5.69 Å². The third-order valence-electron chi connectivity index (χ3n) is 3.63. The number of ketones is 1. The zero-order valence-corrected chi connectivity index (χ0v) is 13.6. The van der Waals surface area contributed by atoms with Crippen molar-refractivity contribution in [3.05, 3.63) is 59.7 Å². The van der Waals surface area contributed by atoms with E-state index in [9.17, 15) is 4.79 Å². The molecule has 2 aromatic rings. The topological polar surface area (TPSA) is 52.3 Å².